The Morgan fingerprint density at radius 2 is 0.833 bits per heavy atom. The second-order valence-corrected chi connectivity index (χ2v) is 12.6. The predicted molar refractivity (Wildman–Crippen MR) is 203 cm³/mol. The molecule has 2 heteroatoms. The van der Waals surface area contributed by atoms with Crippen LogP contribution in [0.5, 0.6) is 0 Å². The highest BCUT2D eigenvalue weighted by atomic mass is 15.0. The molecule has 2 heterocycles. The fraction of sp³-hybridized carbons (Fsp3) is 0. The van der Waals surface area contributed by atoms with E-state index in [4.69, 9.17) is 0 Å². The average molecular weight is 611 g/mol. The highest BCUT2D eigenvalue weighted by molar-refractivity contribution is 6.26. The van der Waals surface area contributed by atoms with E-state index in [1.165, 1.54) is 76.6 Å². The minimum atomic E-state index is 1.15. The number of para-hydroxylation sites is 2. The third kappa shape index (κ3) is 4.06. The van der Waals surface area contributed by atoms with E-state index in [9.17, 15) is 0 Å². The standard InChI is InChI=1S/C46H30N2/c1-2-10-31(11-3-1)33-20-26-38(27-21-33)48-42-16-8-6-14-39(42)40-28-29-44-45(46(40)48)41-15-7-9-17-43(41)47(44)37-24-22-34(23-25-37)36-19-18-32-12-4-5-13-35(32)30-36/h1-30H. The Hall–Kier alpha value is -6.38. The maximum atomic E-state index is 2.46. The summed E-state index contributed by atoms with van der Waals surface area (Å²) in [4.78, 5) is 0. The first-order chi connectivity index (χ1) is 23.8. The summed E-state index contributed by atoms with van der Waals surface area (Å²) < 4.78 is 4.89. The number of rotatable bonds is 4. The van der Waals surface area contributed by atoms with Gasteiger partial charge < -0.3 is 9.13 Å². The Labute approximate surface area is 278 Å². The minimum Gasteiger partial charge on any atom is -0.309 e. The van der Waals surface area contributed by atoms with Crippen LogP contribution in [-0.4, -0.2) is 9.13 Å². The van der Waals surface area contributed by atoms with Gasteiger partial charge in [0.25, 0.3) is 0 Å². The molecule has 0 unspecified atom stereocenters. The SMILES string of the molecule is c1ccc(-c2ccc(-n3c4ccccc4c4ccc5c(c6ccccc6n5-c5ccc(-c6ccc7ccccc7c6)cc5)c43)cc2)cc1. The first-order valence-electron chi connectivity index (χ1n) is 16.5. The topological polar surface area (TPSA) is 9.86 Å². The van der Waals surface area contributed by atoms with Crippen molar-refractivity contribution in [1.82, 2.24) is 9.13 Å². The largest absolute Gasteiger partial charge is 0.309 e. The monoisotopic (exact) mass is 610 g/mol. The molecule has 0 aliphatic heterocycles. The van der Waals surface area contributed by atoms with E-state index >= 15 is 0 Å². The first-order valence-corrected chi connectivity index (χ1v) is 16.5. The summed E-state index contributed by atoms with van der Waals surface area (Å²) >= 11 is 0. The quantitative estimate of drug-likeness (QED) is 0.188. The number of hydrogen-bond acceptors (Lipinski definition) is 0. The van der Waals surface area contributed by atoms with Crippen LogP contribution in [-0.2, 0) is 0 Å². The van der Waals surface area contributed by atoms with Gasteiger partial charge >= 0.3 is 0 Å². The second-order valence-electron chi connectivity index (χ2n) is 12.6. The van der Waals surface area contributed by atoms with Gasteiger partial charge in [-0.2, -0.15) is 0 Å². The van der Waals surface area contributed by atoms with Gasteiger partial charge in [-0.05, 0) is 81.6 Å². The van der Waals surface area contributed by atoms with Gasteiger partial charge in [-0.3, -0.25) is 0 Å². The van der Waals surface area contributed by atoms with Crippen molar-refractivity contribution in [1.29, 1.82) is 0 Å². The van der Waals surface area contributed by atoms with Gasteiger partial charge in [-0.15, -0.1) is 0 Å². The molecule has 0 saturated carbocycles. The smallest absolute Gasteiger partial charge is 0.0641 e. The van der Waals surface area contributed by atoms with E-state index in [0.29, 0.717) is 0 Å². The van der Waals surface area contributed by atoms with Crippen LogP contribution in [0.15, 0.2) is 182 Å². The first kappa shape index (κ1) is 26.8. The highest BCUT2D eigenvalue weighted by Crippen LogP contribution is 2.42. The van der Waals surface area contributed by atoms with Crippen LogP contribution in [0.1, 0.15) is 0 Å². The summed E-state index contributed by atoms with van der Waals surface area (Å²) in [5, 5.41) is 7.57. The molecule has 2 aromatic heterocycles. The number of aromatic nitrogens is 2. The number of fused-ring (bicyclic) bond motifs is 8. The Morgan fingerprint density at radius 1 is 0.292 bits per heavy atom. The van der Waals surface area contributed by atoms with Crippen LogP contribution in [0.3, 0.4) is 0 Å². The second kappa shape index (κ2) is 10.6. The fourth-order valence-corrected chi connectivity index (χ4v) is 7.66. The van der Waals surface area contributed by atoms with Crippen LogP contribution < -0.4 is 0 Å². The Kier molecular flexibility index (Phi) is 5.91. The fourth-order valence-electron chi connectivity index (χ4n) is 7.66. The lowest BCUT2D eigenvalue weighted by atomic mass is 10.0. The molecule has 10 rings (SSSR count). The van der Waals surface area contributed by atoms with Gasteiger partial charge in [0.2, 0.25) is 0 Å². The van der Waals surface area contributed by atoms with E-state index in [1.54, 1.807) is 0 Å². The maximum absolute atomic E-state index is 2.46. The van der Waals surface area contributed by atoms with E-state index in [-0.39, 0.29) is 0 Å². The summed E-state index contributed by atoms with van der Waals surface area (Å²) in [5.41, 5.74) is 12.1. The zero-order chi connectivity index (χ0) is 31.6. The molecule has 0 N–H and O–H groups in total. The van der Waals surface area contributed by atoms with Crippen molar-refractivity contribution in [3.05, 3.63) is 182 Å². The van der Waals surface area contributed by atoms with E-state index < -0.39 is 0 Å². The van der Waals surface area contributed by atoms with Gasteiger partial charge in [0.15, 0.2) is 0 Å². The zero-order valence-corrected chi connectivity index (χ0v) is 26.2. The van der Waals surface area contributed by atoms with Crippen molar-refractivity contribution in [2.75, 3.05) is 0 Å². The lowest BCUT2D eigenvalue weighted by Crippen LogP contribution is -1.95. The molecule has 0 aliphatic rings. The summed E-state index contributed by atoms with van der Waals surface area (Å²) in [6.07, 6.45) is 0. The molecule has 0 fully saturated rings. The number of nitrogens with zero attached hydrogens (tertiary/aromatic N) is 2. The molecule has 0 bridgehead atoms. The molecular weight excluding hydrogens is 581 g/mol. The zero-order valence-electron chi connectivity index (χ0n) is 26.2. The Balaban J connectivity index is 1.19. The third-order valence-corrected chi connectivity index (χ3v) is 9.91. The average Bonchev–Trinajstić information content (AvgIpc) is 3.68. The van der Waals surface area contributed by atoms with Crippen molar-refractivity contribution in [2.24, 2.45) is 0 Å². The van der Waals surface area contributed by atoms with Gasteiger partial charge in [0, 0.05) is 32.9 Å². The van der Waals surface area contributed by atoms with Crippen LogP contribution in [0.25, 0.3) is 88.0 Å². The van der Waals surface area contributed by atoms with E-state index in [0.717, 1.165) is 11.4 Å². The summed E-state index contributed by atoms with van der Waals surface area (Å²) in [6.45, 7) is 0. The van der Waals surface area contributed by atoms with Gasteiger partial charge in [0.1, 0.15) is 0 Å². The molecule has 8 aromatic carbocycles. The van der Waals surface area contributed by atoms with Crippen LogP contribution in [0.2, 0.25) is 0 Å². The molecule has 224 valence electrons. The Morgan fingerprint density at radius 3 is 1.58 bits per heavy atom. The molecule has 10 aromatic rings. The highest BCUT2D eigenvalue weighted by Gasteiger charge is 2.20. The summed E-state index contributed by atoms with van der Waals surface area (Å²) in [5.74, 6) is 0. The van der Waals surface area contributed by atoms with Crippen molar-refractivity contribution >= 4 is 54.4 Å². The minimum absolute atomic E-state index is 1.15. The van der Waals surface area contributed by atoms with Gasteiger partial charge in [0.05, 0.1) is 22.1 Å². The van der Waals surface area contributed by atoms with Crippen molar-refractivity contribution in [2.45, 2.75) is 0 Å². The van der Waals surface area contributed by atoms with Crippen LogP contribution >= 0.6 is 0 Å². The maximum Gasteiger partial charge on any atom is 0.0641 e. The van der Waals surface area contributed by atoms with Crippen LogP contribution in [0.4, 0.5) is 0 Å². The summed E-state index contributed by atoms with van der Waals surface area (Å²) in [6, 6.07) is 66.2. The molecule has 0 radical (unpaired) electrons. The lowest BCUT2D eigenvalue weighted by Gasteiger charge is -2.11. The molecule has 0 aliphatic carbocycles. The lowest BCUT2D eigenvalue weighted by molar-refractivity contribution is 1.17. The predicted octanol–water partition coefficient (Wildman–Crippen LogP) is 12.4. The van der Waals surface area contributed by atoms with Crippen molar-refractivity contribution in [3.63, 3.8) is 0 Å². The number of benzene rings is 8. The molecular formula is C46H30N2. The van der Waals surface area contributed by atoms with E-state index in [2.05, 4.69) is 191 Å². The molecule has 0 spiro atoms. The molecule has 0 atom stereocenters. The third-order valence-electron chi connectivity index (χ3n) is 9.91. The van der Waals surface area contributed by atoms with Crippen molar-refractivity contribution < 1.29 is 0 Å². The van der Waals surface area contributed by atoms with Crippen LogP contribution in [0, 0.1) is 0 Å². The number of hydrogen-bond donors (Lipinski definition) is 0. The molecule has 0 saturated heterocycles. The summed E-state index contributed by atoms with van der Waals surface area (Å²) in [7, 11) is 0. The van der Waals surface area contributed by atoms with E-state index in [1.807, 2.05) is 0 Å². The molecule has 2 nitrogen and oxygen atoms in total. The van der Waals surface area contributed by atoms with Crippen molar-refractivity contribution in [3.8, 4) is 33.6 Å². The molecule has 0 amide bonds. The van der Waals surface area contributed by atoms with Gasteiger partial charge in [-0.25, -0.2) is 0 Å². The van der Waals surface area contributed by atoms with Gasteiger partial charge in [-0.1, -0.05) is 133 Å². The normalized spacial score (nSPS) is 11.8. The molecule has 48 heavy (non-hydrogen) atoms. The Bertz CT molecular complexity index is 2800.